The summed E-state index contributed by atoms with van der Waals surface area (Å²) >= 11 is 0. The van der Waals surface area contributed by atoms with Crippen LogP contribution in [0.4, 0.5) is 46.0 Å². The van der Waals surface area contributed by atoms with Crippen molar-refractivity contribution < 1.29 is 9.47 Å². The smallest absolute Gasteiger partial charge is 0.141 e. The molecular formula is C58H58N14O2. The number of hydrogen-bond acceptors (Lipinski definition) is 16. The van der Waals surface area contributed by atoms with Gasteiger partial charge in [0.25, 0.3) is 0 Å². The number of nitrogens with one attached hydrogen (secondary N) is 2. The summed E-state index contributed by atoms with van der Waals surface area (Å²) in [6.07, 6.45) is 6.46. The van der Waals surface area contributed by atoms with Crippen LogP contribution in [0.5, 0.6) is 0 Å². The minimum absolute atomic E-state index is 0.774. The first kappa shape index (κ1) is 47.7. The second kappa shape index (κ2) is 21.6. The quantitative estimate of drug-likeness (QED) is 0.119. The molecule has 0 spiro atoms. The topological polar surface area (TPSA) is 159 Å². The fraction of sp³-hybridized carbons (Fsp3) is 0.241. The van der Waals surface area contributed by atoms with Crippen LogP contribution in [0.2, 0.25) is 0 Å². The van der Waals surface area contributed by atoms with Gasteiger partial charge < -0.3 is 39.7 Å². The van der Waals surface area contributed by atoms with E-state index in [1.54, 1.807) is 25.3 Å². The summed E-state index contributed by atoms with van der Waals surface area (Å²) in [4.78, 5) is 45.1. The Bertz CT molecular complexity index is 3560. The third-order valence-electron chi connectivity index (χ3n) is 13.7. The predicted molar refractivity (Wildman–Crippen MR) is 300 cm³/mol. The van der Waals surface area contributed by atoms with Crippen LogP contribution in [-0.4, -0.2) is 120 Å². The van der Waals surface area contributed by atoms with Gasteiger partial charge in [-0.05, 0) is 133 Å². The zero-order chi connectivity index (χ0) is 50.4. The Morgan fingerprint density at radius 3 is 1.16 bits per heavy atom. The highest BCUT2D eigenvalue weighted by atomic mass is 16.5. The minimum Gasteiger partial charge on any atom is -0.378 e. The van der Waals surface area contributed by atoms with Crippen LogP contribution in [0.3, 0.4) is 0 Å². The fourth-order valence-corrected chi connectivity index (χ4v) is 9.68. The average molecular weight is 983 g/mol. The van der Waals surface area contributed by atoms with Crippen molar-refractivity contribution in [2.45, 2.75) is 13.8 Å². The average Bonchev–Trinajstić information content (AvgIpc) is 3.46. The van der Waals surface area contributed by atoms with Crippen LogP contribution in [0.1, 0.15) is 13.8 Å². The fourth-order valence-electron chi connectivity index (χ4n) is 9.68. The molecule has 372 valence electrons. The Labute approximate surface area is 430 Å². The minimum atomic E-state index is 0.774. The summed E-state index contributed by atoms with van der Waals surface area (Å²) in [5.74, 6) is 3.42. The first-order chi connectivity index (χ1) is 36.4. The van der Waals surface area contributed by atoms with Crippen LogP contribution >= 0.6 is 0 Å². The van der Waals surface area contributed by atoms with Gasteiger partial charge in [0, 0.05) is 97.7 Å². The molecule has 16 heteroatoms. The van der Waals surface area contributed by atoms with Gasteiger partial charge in [0.1, 0.15) is 48.6 Å². The monoisotopic (exact) mass is 982 g/mol. The van der Waals surface area contributed by atoms with Gasteiger partial charge >= 0.3 is 0 Å². The molecule has 0 aliphatic carbocycles. The largest absolute Gasteiger partial charge is 0.378 e. The normalized spacial score (nSPS) is 13.7. The molecule has 2 fully saturated rings. The van der Waals surface area contributed by atoms with E-state index in [0.717, 1.165) is 166 Å². The Morgan fingerprint density at radius 1 is 0.419 bits per heavy atom. The van der Waals surface area contributed by atoms with Gasteiger partial charge in [0.05, 0.1) is 48.5 Å². The third kappa shape index (κ3) is 10.2. The number of anilines is 8. The van der Waals surface area contributed by atoms with Gasteiger partial charge in [-0.2, -0.15) is 0 Å². The molecule has 6 aromatic carbocycles. The molecule has 4 aromatic heterocycles. The van der Waals surface area contributed by atoms with Gasteiger partial charge in [-0.15, -0.1) is 0 Å². The summed E-state index contributed by atoms with van der Waals surface area (Å²) in [7, 11) is 3.99. The molecule has 6 heterocycles. The SMILES string of the molecule is CCN(CC)c1ncnc2ccc(-c3ccc4ncnc(Nc5ccc(N6CCOCC6)cc5)c4c3)cc12.CN(C)c1ncnc2ccc(-c3ccc4ncnc(Nc5ccc(N6CCOCC6)cc5)c4c3)cc12. The molecule has 12 rings (SSSR count). The maximum Gasteiger partial charge on any atom is 0.141 e. The highest BCUT2D eigenvalue weighted by molar-refractivity contribution is 5.98. The van der Waals surface area contributed by atoms with E-state index in [9.17, 15) is 0 Å². The van der Waals surface area contributed by atoms with Crippen molar-refractivity contribution in [2.24, 2.45) is 0 Å². The second-order valence-corrected chi connectivity index (χ2v) is 18.4. The number of hydrogen-bond donors (Lipinski definition) is 2. The van der Waals surface area contributed by atoms with E-state index >= 15 is 0 Å². The van der Waals surface area contributed by atoms with Crippen LogP contribution < -0.4 is 30.2 Å². The lowest BCUT2D eigenvalue weighted by atomic mass is 10.0. The van der Waals surface area contributed by atoms with E-state index in [-0.39, 0.29) is 0 Å². The number of rotatable bonds is 12. The maximum absolute atomic E-state index is 5.48. The molecule has 0 bridgehead atoms. The molecule has 2 saturated heterocycles. The lowest BCUT2D eigenvalue weighted by Gasteiger charge is -2.28. The molecule has 0 unspecified atom stereocenters. The number of ether oxygens (including phenoxy) is 2. The molecule has 2 N–H and O–H groups in total. The molecule has 16 nitrogen and oxygen atoms in total. The van der Waals surface area contributed by atoms with Crippen molar-refractivity contribution in [2.75, 3.05) is 110 Å². The Kier molecular flexibility index (Phi) is 13.9. The summed E-state index contributed by atoms with van der Waals surface area (Å²) in [6.45, 7) is 12.9. The number of fused-ring (bicyclic) bond motifs is 4. The van der Waals surface area contributed by atoms with Crippen LogP contribution in [-0.2, 0) is 9.47 Å². The molecule has 0 amide bonds. The molecule has 0 radical (unpaired) electrons. The predicted octanol–water partition coefficient (Wildman–Crippen LogP) is 10.6. The number of morpholine rings is 2. The first-order valence-corrected chi connectivity index (χ1v) is 25.2. The molecule has 0 saturated carbocycles. The van der Waals surface area contributed by atoms with Crippen molar-refractivity contribution >= 4 is 89.6 Å². The maximum atomic E-state index is 5.48. The summed E-state index contributed by atoms with van der Waals surface area (Å²) in [5, 5.41) is 11.0. The summed E-state index contributed by atoms with van der Waals surface area (Å²) in [5.41, 5.74) is 12.4. The van der Waals surface area contributed by atoms with E-state index in [1.807, 2.05) is 31.1 Å². The number of aromatic nitrogens is 8. The van der Waals surface area contributed by atoms with Crippen molar-refractivity contribution in [3.8, 4) is 22.3 Å². The lowest BCUT2D eigenvalue weighted by Crippen LogP contribution is -2.36. The Hall–Kier alpha value is -8.60. The van der Waals surface area contributed by atoms with E-state index < -0.39 is 0 Å². The van der Waals surface area contributed by atoms with Gasteiger partial charge in [0.15, 0.2) is 0 Å². The van der Waals surface area contributed by atoms with Crippen LogP contribution in [0.15, 0.2) is 147 Å². The second-order valence-electron chi connectivity index (χ2n) is 18.4. The van der Waals surface area contributed by atoms with E-state index in [2.05, 4.69) is 188 Å². The van der Waals surface area contributed by atoms with Crippen molar-refractivity contribution in [3.63, 3.8) is 0 Å². The number of nitrogens with zero attached hydrogens (tertiary/aromatic N) is 12. The highest BCUT2D eigenvalue weighted by Crippen LogP contribution is 2.35. The molecule has 10 aromatic rings. The Balaban J connectivity index is 0.000000159. The van der Waals surface area contributed by atoms with Crippen LogP contribution in [0.25, 0.3) is 65.9 Å². The zero-order valence-corrected chi connectivity index (χ0v) is 42.1. The number of benzene rings is 6. The van der Waals surface area contributed by atoms with E-state index in [1.165, 1.54) is 11.4 Å². The summed E-state index contributed by atoms with van der Waals surface area (Å²) in [6, 6.07) is 42.2. The molecule has 2 aliphatic rings. The molecule has 0 atom stereocenters. The van der Waals surface area contributed by atoms with Crippen LogP contribution in [0, 0.1) is 0 Å². The zero-order valence-electron chi connectivity index (χ0n) is 42.1. The van der Waals surface area contributed by atoms with E-state index in [0.29, 0.717) is 0 Å². The standard InChI is InChI=1S/C30H31N7O.C28H27N7O/c1-3-36(4-2)30-26-18-22(6-12-28(26)32-20-34-30)21-5-11-27-25(17-21)29(33-19-31-27)35-23-7-9-24(10-8-23)37-13-15-38-16-14-37;1-34(2)28-24-16-20(4-10-26(24)30-18-32-28)19-3-9-25-23(15-19)27(31-17-29-25)33-21-5-7-22(8-6-21)35-11-13-36-14-12-35/h5-12,17-20H,3-4,13-16H2,1-2H3,(H,31,33,35);3-10,15-18H,11-14H2,1-2H3,(H,29,31,33). The molecular weight excluding hydrogens is 925 g/mol. The lowest BCUT2D eigenvalue weighted by molar-refractivity contribution is 0.122. The Morgan fingerprint density at radius 2 is 0.770 bits per heavy atom. The first-order valence-electron chi connectivity index (χ1n) is 25.2. The van der Waals surface area contributed by atoms with Crippen molar-refractivity contribution in [1.29, 1.82) is 0 Å². The summed E-state index contributed by atoms with van der Waals surface area (Å²) < 4.78 is 10.9. The highest BCUT2D eigenvalue weighted by Gasteiger charge is 2.16. The van der Waals surface area contributed by atoms with Crippen molar-refractivity contribution in [1.82, 2.24) is 39.9 Å². The van der Waals surface area contributed by atoms with Gasteiger partial charge in [-0.25, -0.2) is 39.9 Å². The van der Waals surface area contributed by atoms with Crippen molar-refractivity contribution in [3.05, 3.63) is 147 Å². The van der Waals surface area contributed by atoms with Gasteiger partial charge in [0.2, 0.25) is 0 Å². The van der Waals surface area contributed by atoms with E-state index in [4.69, 9.17) is 9.47 Å². The van der Waals surface area contributed by atoms with Gasteiger partial charge in [-0.1, -0.05) is 24.3 Å². The van der Waals surface area contributed by atoms with Gasteiger partial charge in [-0.3, -0.25) is 0 Å². The molecule has 2 aliphatic heterocycles. The third-order valence-corrected chi connectivity index (χ3v) is 13.7. The molecule has 74 heavy (non-hydrogen) atoms.